The first-order chi connectivity index (χ1) is 7.18. The van der Waals surface area contributed by atoms with Crippen molar-refractivity contribution in [2.75, 3.05) is 18.0 Å². The molecular weight excluding hydrogens is 197 g/mol. The molecule has 1 heterocycles. The third-order valence-corrected chi connectivity index (χ3v) is 2.36. The van der Waals surface area contributed by atoms with Gasteiger partial charge in [0.05, 0.1) is 5.56 Å². The van der Waals surface area contributed by atoms with Gasteiger partial charge >= 0.3 is 5.97 Å². The zero-order valence-electron chi connectivity index (χ0n) is 7.98. The second-order valence-corrected chi connectivity index (χ2v) is 3.35. The van der Waals surface area contributed by atoms with E-state index >= 15 is 0 Å². The van der Waals surface area contributed by atoms with E-state index in [4.69, 9.17) is 5.11 Å². The topological polar surface area (TPSA) is 40.5 Å². The van der Waals surface area contributed by atoms with Crippen LogP contribution in [0, 0.1) is 5.82 Å². The van der Waals surface area contributed by atoms with Crippen molar-refractivity contribution in [2.45, 2.75) is 0 Å². The fourth-order valence-corrected chi connectivity index (χ4v) is 1.56. The lowest BCUT2D eigenvalue weighted by Crippen LogP contribution is -2.19. The molecule has 1 aliphatic rings. The van der Waals surface area contributed by atoms with Crippen LogP contribution in [0.1, 0.15) is 10.4 Å². The lowest BCUT2D eigenvalue weighted by Gasteiger charge is -2.17. The highest BCUT2D eigenvalue weighted by Gasteiger charge is 2.14. The number of carboxylic acid groups (broad SMARTS) is 1. The molecule has 1 aromatic carbocycles. The van der Waals surface area contributed by atoms with E-state index in [-0.39, 0.29) is 5.56 Å². The molecule has 0 saturated carbocycles. The van der Waals surface area contributed by atoms with E-state index in [1.165, 1.54) is 12.1 Å². The lowest BCUT2D eigenvalue weighted by molar-refractivity contribution is 0.0692. The average molecular weight is 207 g/mol. The van der Waals surface area contributed by atoms with E-state index in [1.54, 1.807) is 6.07 Å². The highest BCUT2D eigenvalue weighted by atomic mass is 19.1. The molecular formula is C11H10FNO2. The molecule has 0 spiro atoms. The van der Waals surface area contributed by atoms with Gasteiger partial charge in [0.1, 0.15) is 5.82 Å². The third-order valence-electron chi connectivity index (χ3n) is 2.36. The number of carboxylic acids is 1. The van der Waals surface area contributed by atoms with Crippen molar-refractivity contribution < 1.29 is 14.3 Å². The molecule has 15 heavy (non-hydrogen) atoms. The van der Waals surface area contributed by atoms with Crippen molar-refractivity contribution in [1.29, 1.82) is 0 Å². The molecule has 0 aromatic heterocycles. The number of anilines is 1. The number of benzene rings is 1. The van der Waals surface area contributed by atoms with Gasteiger partial charge in [-0.3, -0.25) is 0 Å². The molecule has 0 aliphatic carbocycles. The van der Waals surface area contributed by atoms with Gasteiger partial charge in [0.15, 0.2) is 0 Å². The Morgan fingerprint density at radius 1 is 1.33 bits per heavy atom. The summed E-state index contributed by atoms with van der Waals surface area (Å²) in [7, 11) is 0. The van der Waals surface area contributed by atoms with Crippen LogP contribution in [0.2, 0.25) is 0 Å². The Kier molecular flexibility index (Phi) is 2.41. The first-order valence-electron chi connectivity index (χ1n) is 4.61. The second kappa shape index (κ2) is 3.73. The van der Waals surface area contributed by atoms with Crippen LogP contribution in [0.3, 0.4) is 0 Å². The number of hydrogen-bond donors (Lipinski definition) is 1. The summed E-state index contributed by atoms with van der Waals surface area (Å²) in [4.78, 5) is 12.7. The Bertz CT molecular complexity index is 421. The molecule has 0 bridgehead atoms. The first-order valence-corrected chi connectivity index (χ1v) is 4.61. The van der Waals surface area contributed by atoms with Gasteiger partial charge in [0.25, 0.3) is 0 Å². The Morgan fingerprint density at radius 3 is 2.60 bits per heavy atom. The summed E-state index contributed by atoms with van der Waals surface area (Å²) in [6, 6.07) is 4.15. The smallest absolute Gasteiger partial charge is 0.338 e. The van der Waals surface area contributed by atoms with E-state index in [2.05, 4.69) is 0 Å². The SMILES string of the molecule is O=C(O)c1cc(N2CC=CC2)ccc1F. The number of hydrogen-bond acceptors (Lipinski definition) is 2. The summed E-state index contributed by atoms with van der Waals surface area (Å²) in [5.41, 5.74) is 0.457. The van der Waals surface area contributed by atoms with Crippen molar-refractivity contribution >= 4 is 11.7 Å². The van der Waals surface area contributed by atoms with Gasteiger partial charge in [-0.2, -0.15) is 0 Å². The van der Waals surface area contributed by atoms with Crippen LogP contribution >= 0.6 is 0 Å². The minimum Gasteiger partial charge on any atom is -0.478 e. The van der Waals surface area contributed by atoms with Crippen LogP contribution in [-0.4, -0.2) is 24.2 Å². The maximum absolute atomic E-state index is 13.1. The summed E-state index contributed by atoms with van der Waals surface area (Å²) < 4.78 is 13.1. The highest BCUT2D eigenvalue weighted by molar-refractivity contribution is 5.89. The van der Waals surface area contributed by atoms with Crippen molar-refractivity contribution in [3.05, 3.63) is 41.7 Å². The number of carbonyl (C=O) groups is 1. The van der Waals surface area contributed by atoms with Crippen LogP contribution in [0.25, 0.3) is 0 Å². The minimum atomic E-state index is -1.23. The second-order valence-electron chi connectivity index (χ2n) is 3.35. The van der Waals surface area contributed by atoms with Crippen molar-refractivity contribution in [2.24, 2.45) is 0 Å². The largest absolute Gasteiger partial charge is 0.478 e. The summed E-state index contributed by atoms with van der Waals surface area (Å²) in [5, 5.41) is 8.76. The molecule has 0 fully saturated rings. The summed E-state index contributed by atoms with van der Waals surface area (Å²) in [5.74, 6) is -1.93. The molecule has 0 amide bonds. The number of aromatic carboxylic acids is 1. The van der Waals surface area contributed by atoms with Gasteiger partial charge in [-0.1, -0.05) is 12.2 Å². The van der Waals surface area contributed by atoms with Gasteiger partial charge in [0, 0.05) is 18.8 Å². The maximum atomic E-state index is 13.1. The molecule has 1 N–H and O–H groups in total. The van der Waals surface area contributed by atoms with Crippen LogP contribution in [0.5, 0.6) is 0 Å². The van der Waals surface area contributed by atoms with Crippen LogP contribution in [-0.2, 0) is 0 Å². The predicted octanol–water partition coefficient (Wildman–Crippen LogP) is 1.90. The average Bonchev–Trinajstić information content (AvgIpc) is 2.71. The number of nitrogens with zero attached hydrogens (tertiary/aromatic N) is 1. The molecule has 1 aromatic rings. The molecule has 4 heteroatoms. The third kappa shape index (κ3) is 1.83. The fraction of sp³-hybridized carbons (Fsp3) is 0.182. The van der Waals surface area contributed by atoms with Crippen LogP contribution < -0.4 is 4.90 Å². The summed E-state index contributed by atoms with van der Waals surface area (Å²) >= 11 is 0. The predicted molar refractivity (Wildman–Crippen MR) is 54.7 cm³/mol. The molecule has 3 nitrogen and oxygen atoms in total. The molecule has 0 atom stereocenters. The van der Waals surface area contributed by atoms with E-state index in [0.29, 0.717) is 0 Å². The van der Waals surface area contributed by atoms with Gasteiger partial charge in [-0.15, -0.1) is 0 Å². The number of rotatable bonds is 2. The fourth-order valence-electron chi connectivity index (χ4n) is 1.56. The Hall–Kier alpha value is -1.84. The van der Waals surface area contributed by atoms with Gasteiger partial charge < -0.3 is 10.0 Å². The summed E-state index contributed by atoms with van der Waals surface area (Å²) in [6.07, 6.45) is 3.98. The van der Waals surface area contributed by atoms with E-state index < -0.39 is 11.8 Å². The molecule has 1 aliphatic heterocycles. The standard InChI is InChI=1S/C11H10FNO2/c12-10-4-3-8(7-9(10)11(14)15)13-5-1-2-6-13/h1-4,7H,5-6H2,(H,14,15). The van der Waals surface area contributed by atoms with Crippen molar-refractivity contribution in [3.8, 4) is 0 Å². The van der Waals surface area contributed by atoms with Crippen molar-refractivity contribution in [3.63, 3.8) is 0 Å². The van der Waals surface area contributed by atoms with E-state index in [0.717, 1.165) is 18.8 Å². The zero-order chi connectivity index (χ0) is 10.8. The Morgan fingerprint density at radius 2 is 2.00 bits per heavy atom. The number of halogens is 1. The van der Waals surface area contributed by atoms with E-state index in [1.807, 2.05) is 17.1 Å². The summed E-state index contributed by atoms with van der Waals surface area (Å²) in [6.45, 7) is 1.48. The molecule has 2 rings (SSSR count). The van der Waals surface area contributed by atoms with Gasteiger partial charge in [0.2, 0.25) is 0 Å². The normalized spacial score (nSPS) is 14.6. The zero-order valence-corrected chi connectivity index (χ0v) is 7.98. The molecule has 0 radical (unpaired) electrons. The quantitative estimate of drug-likeness (QED) is 0.753. The van der Waals surface area contributed by atoms with E-state index in [9.17, 15) is 9.18 Å². The molecule has 0 unspecified atom stereocenters. The van der Waals surface area contributed by atoms with Crippen LogP contribution in [0.15, 0.2) is 30.4 Å². The molecule has 0 saturated heterocycles. The Balaban J connectivity index is 2.33. The molecule has 78 valence electrons. The van der Waals surface area contributed by atoms with Crippen LogP contribution in [0.4, 0.5) is 10.1 Å². The first kappa shape index (κ1) is 9.71. The lowest BCUT2D eigenvalue weighted by atomic mass is 10.2. The maximum Gasteiger partial charge on any atom is 0.338 e. The van der Waals surface area contributed by atoms with Gasteiger partial charge in [-0.25, -0.2) is 9.18 Å². The monoisotopic (exact) mass is 207 g/mol. The van der Waals surface area contributed by atoms with Gasteiger partial charge in [-0.05, 0) is 18.2 Å². The van der Waals surface area contributed by atoms with Crippen molar-refractivity contribution in [1.82, 2.24) is 0 Å². The Labute approximate surface area is 86.4 Å². The highest BCUT2D eigenvalue weighted by Crippen LogP contribution is 2.20. The minimum absolute atomic E-state index is 0.278.